The summed E-state index contributed by atoms with van der Waals surface area (Å²) in [6.07, 6.45) is -1.90. The highest BCUT2D eigenvalue weighted by Gasteiger charge is 2.43. The third kappa shape index (κ3) is 2.39. The zero-order chi connectivity index (χ0) is 10.2. The maximum absolute atomic E-state index is 12.5. The maximum Gasteiger partial charge on any atom is 0.394 e. The van der Waals surface area contributed by atoms with Crippen molar-refractivity contribution in [1.29, 1.82) is 0 Å². The molecular weight excluding hydrogens is 193 g/mol. The van der Waals surface area contributed by atoms with Crippen molar-refractivity contribution in [2.24, 2.45) is 5.92 Å². The fourth-order valence-corrected chi connectivity index (χ4v) is 1.93. The Hall–Kier alpha value is -0.290. The van der Waals surface area contributed by atoms with Gasteiger partial charge in [-0.1, -0.05) is 0 Å². The Labute approximate surface area is 81.5 Å². The van der Waals surface area contributed by atoms with Gasteiger partial charge in [-0.3, -0.25) is 4.90 Å². The molecule has 1 aliphatic carbocycles. The van der Waals surface area contributed by atoms with E-state index in [9.17, 15) is 13.2 Å². The van der Waals surface area contributed by atoms with Crippen LogP contribution < -0.4 is 5.32 Å². The van der Waals surface area contributed by atoms with Gasteiger partial charge in [0, 0.05) is 32.2 Å². The summed E-state index contributed by atoms with van der Waals surface area (Å²) in [4.78, 5) is 1.98. The first-order valence-corrected chi connectivity index (χ1v) is 5.09. The van der Waals surface area contributed by atoms with Crippen molar-refractivity contribution >= 4 is 0 Å². The molecule has 0 bridgehead atoms. The summed E-state index contributed by atoms with van der Waals surface area (Å²) in [6.45, 7) is 1.70. The van der Waals surface area contributed by atoms with E-state index in [1.165, 1.54) is 0 Å². The van der Waals surface area contributed by atoms with Crippen LogP contribution in [0.3, 0.4) is 0 Å². The summed E-state index contributed by atoms with van der Waals surface area (Å²) in [6, 6.07) is 0.430. The molecular formula is C9H15F3N2. The van der Waals surface area contributed by atoms with Crippen LogP contribution in [-0.4, -0.2) is 43.3 Å². The molecule has 82 valence electrons. The van der Waals surface area contributed by atoms with Crippen molar-refractivity contribution in [1.82, 2.24) is 10.2 Å². The number of halogens is 3. The fourth-order valence-electron chi connectivity index (χ4n) is 1.93. The van der Waals surface area contributed by atoms with Gasteiger partial charge >= 0.3 is 6.18 Å². The number of nitrogens with zero attached hydrogens (tertiary/aromatic N) is 1. The van der Waals surface area contributed by atoms with Crippen molar-refractivity contribution in [2.45, 2.75) is 25.1 Å². The fraction of sp³-hybridized carbons (Fsp3) is 1.00. The van der Waals surface area contributed by atoms with Gasteiger partial charge in [-0.2, -0.15) is 13.2 Å². The second kappa shape index (κ2) is 3.70. The number of alkyl halides is 3. The molecule has 0 amide bonds. The molecule has 5 heteroatoms. The van der Waals surface area contributed by atoms with Crippen LogP contribution in [-0.2, 0) is 0 Å². The molecule has 1 unspecified atom stereocenters. The molecule has 14 heavy (non-hydrogen) atoms. The van der Waals surface area contributed by atoms with Crippen molar-refractivity contribution < 1.29 is 13.2 Å². The monoisotopic (exact) mass is 208 g/mol. The molecule has 2 rings (SSSR count). The smallest absolute Gasteiger partial charge is 0.315 e. The van der Waals surface area contributed by atoms with Gasteiger partial charge in [-0.15, -0.1) is 0 Å². The highest BCUT2D eigenvalue weighted by molar-refractivity contribution is 4.89. The molecule has 1 atom stereocenters. The molecule has 0 aromatic rings. The number of hydrogen-bond donors (Lipinski definition) is 1. The predicted octanol–water partition coefficient (Wildman–Crippen LogP) is 1.23. The molecule has 1 saturated heterocycles. The van der Waals surface area contributed by atoms with E-state index in [1.807, 2.05) is 4.90 Å². The normalized spacial score (nSPS) is 31.5. The molecule has 1 N–H and O–H groups in total. The summed E-state index contributed by atoms with van der Waals surface area (Å²) in [5.74, 6) is -1.19. The second-order valence-electron chi connectivity index (χ2n) is 4.17. The predicted molar refractivity (Wildman–Crippen MR) is 47.0 cm³/mol. The Morgan fingerprint density at radius 1 is 1.21 bits per heavy atom. The average molecular weight is 208 g/mol. The minimum Gasteiger partial charge on any atom is -0.315 e. The summed E-state index contributed by atoms with van der Waals surface area (Å²) in [7, 11) is 0. The molecule has 0 aromatic heterocycles. The molecule has 0 radical (unpaired) electrons. The van der Waals surface area contributed by atoms with Gasteiger partial charge in [0.25, 0.3) is 0 Å². The first kappa shape index (κ1) is 10.2. The molecule has 2 fully saturated rings. The first-order valence-electron chi connectivity index (χ1n) is 5.09. The Morgan fingerprint density at radius 3 is 2.50 bits per heavy atom. The summed E-state index contributed by atoms with van der Waals surface area (Å²) in [5.41, 5.74) is 0. The highest BCUT2D eigenvalue weighted by atomic mass is 19.4. The van der Waals surface area contributed by atoms with Gasteiger partial charge in [0.2, 0.25) is 0 Å². The minimum atomic E-state index is -4.05. The van der Waals surface area contributed by atoms with E-state index < -0.39 is 12.1 Å². The van der Waals surface area contributed by atoms with Gasteiger partial charge in [0.05, 0.1) is 5.92 Å². The van der Waals surface area contributed by atoms with Crippen LogP contribution in [0.2, 0.25) is 0 Å². The summed E-state index contributed by atoms with van der Waals surface area (Å²) in [5, 5.41) is 2.85. The Bertz CT molecular complexity index is 201. The largest absolute Gasteiger partial charge is 0.394 e. The lowest BCUT2D eigenvalue weighted by atomic mass is 10.1. The number of nitrogens with one attached hydrogen (secondary N) is 1. The van der Waals surface area contributed by atoms with Gasteiger partial charge < -0.3 is 5.32 Å². The Kier molecular flexibility index (Phi) is 2.70. The standard InChI is InChI=1S/C9H15F3N2/c10-9(11,12)7-5-13-3-4-14(6-7)8-1-2-8/h7-8,13H,1-6H2. The topological polar surface area (TPSA) is 15.3 Å². The summed E-state index contributed by atoms with van der Waals surface area (Å²) < 4.78 is 37.5. The van der Waals surface area contributed by atoms with Gasteiger partial charge in [0.1, 0.15) is 0 Å². The van der Waals surface area contributed by atoms with Crippen molar-refractivity contribution in [3.63, 3.8) is 0 Å². The van der Waals surface area contributed by atoms with E-state index in [0.717, 1.165) is 19.4 Å². The zero-order valence-electron chi connectivity index (χ0n) is 7.98. The van der Waals surface area contributed by atoms with Crippen molar-refractivity contribution in [2.75, 3.05) is 26.2 Å². The molecule has 0 spiro atoms. The molecule has 1 heterocycles. The van der Waals surface area contributed by atoms with E-state index in [2.05, 4.69) is 5.32 Å². The third-order valence-corrected chi connectivity index (χ3v) is 2.95. The highest BCUT2D eigenvalue weighted by Crippen LogP contribution is 2.32. The average Bonchev–Trinajstić information content (AvgIpc) is 2.89. The minimum absolute atomic E-state index is 0.0761. The SMILES string of the molecule is FC(F)(F)C1CNCCN(C2CC2)C1. The zero-order valence-corrected chi connectivity index (χ0v) is 7.98. The maximum atomic E-state index is 12.5. The van der Waals surface area contributed by atoms with Crippen LogP contribution in [0.1, 0.15) is 12.8 Å². The Morgan fingerprint density at radius 2 is 1.93 bits per heavy atom. The quantitative estimate of drug-likeness (QED) is 0.697. The van der Waals surface area contributed by atoms with E-state index in [1.54, 1.807) is 0 Å². The van der Waals surface area contributed by atoms with Crippen LogP contribution >= 0.6 is 0 Å². The number of rotatable bonds is 1. The van der Waals surface area contributed by atoms with E-state index in [0.29, 0.717) is 12.6 Å². The van der Waals surface area contributed by atoms with Gasteiger partial charge in [-0.05, 0) is 12.8 Å². The first-order chi connectivity index (χ1) is 6.57. The van der Waals surface area contributed by atoms with Gasteiger partial charge in [0.15, 0.2) is 0 Å². The molecule has 2 nitrogen and oxygen atoms in total. The van der Waals surface area contributed by atoms with Crippen LogP contribution in [0.25, 0.3) is 0 Å². The molecule has 1 aliphatic heterocycles. The van der Waals surface area contributed by atoms with Crippen molar-refractivity contribution in [3.05, 3.63) is 0 Å². The second-order valence-corrected chi connectivity index (χ2v) is 4.17. The van der Waals surface area contributed by atoms with Gasteiger partial charge in [-0.25, -0.2) is 0 Å². The molecule has 2 aliphatic rings. The Balaban J connectivity index is 1.96. The lowest BCUT2D eigenvalue weighted by Gasteiger charge is -2.24. The number of hydrogen-bond acceptors (Lipinski definition) is 2. The summed E-state index contributed by atoms with van der Waals surface area (Å²) >= 11 is 0. The van der Waals surface area contributed by atoms with E-state index in [4.69, 9.17) is 0 Å². The van der Waals surface area contributed by atoms with Crippen LogP contribution in [0.15, 0.2) is 0 Å². The van der Waals surface area contributed by atoms with Crippen LogP contribution in [0.5, 0.6) is 0 Å². The molecule has 1 saturated carbocycles. The van der Waals surface area contributed by atoms with Crippen LogP contribution in [0, 0.1) is 5.92 Å². The van der Waals surface area contributed by atoms with E-state index >= 15 is 0 Å². The third-order valence-electron chi connectivity index (χ3n) is 2.95. The lowest BCUT2D eigenvalue weighted by Crippen LogP contribution is -2.38. The van der Waals surface area contributed by atoms with Crippen molar-refractivity contribution in [3.8, 4) is 0 Å². The van der Waals surface area contributed by atoms with Crippen LogP contribution in [0.4, 0.5) is 13.2 Å². The van der Waals surface area contributed by atoms with E-state index in [-0.39, 0.29) is 13.1 Å². The molecule has 0 aromatic carbocycles. The lowest BCUT2D eigenvalue weighted by molar-refractivity contribution is -0.176.